The van der Waals surface area contributed by atoms with Crippen LogP contribution >= 0.6 is 0 Å². The van der Waals surface area contributed by atoms with Crippen molar-refractivity contribution in [2.24, 2.45) is 0 Å². The molecule has 0 atom stereocenters. The summed E-state index contributed by atoms with van der Waals surface area (Å²) < 4.78 is 0. The summed E-state index contributed by atoms with van der Waals surface area (Å²) in [5.41, 5.74) is 4.19. The van der Waals surface area contributed by atoms with Gasteiger partial charge in [-0.05, 0) is 54.2 Å². The van der Waals surface area contributed by atoms with Crippen LogP contribution in [0.3, 0.4) is 0 Å². The predicted molar refractivity (Wildman–Crippen MR) is 111 cm³/mol. The van der Waals surface area contributed by atoms with Gasteiger partial charge in [-0.25, -0.2) is 0 Å². The Balaban J connectivity index is 1.72. The zero-order valence-corrected chi connectivity index (χ0v) is 16.6. The van der Waals surface area contributed by atoms with E-state index >= 15 is 0 Å². The van der Waals surface area contributed by atoms with Crippen molar-refractivity contribution in [2.75, 3.05) is 30.9 Å². The first-order valence-corrected chi connectivity index (χ1v) is 9.32. The summed E-state index contributed by atoms with van der Waals surface area (Å²) in [4.78, 5) is 25.9. The van der Waals surface area contributed by atoms with E-state index in [9.17, 15) is 9.59 Å². The van der Waals surface area contributed by atoms with Crippen molar-refractivity contribution in [1.82, 2.24) is 5.32 Å². The second-order valence-electron chi connectivity index (χ2n) is 7.15. The number of anilines is 2. The van der Waals surface area contributed by atoms with E-state index in [4.69, 9.17) is 0 Å². The van der Waals surface area contributed by atoms with Crippen LogP contribution in [0.1, 0.15) is 37.3 Å². The molecule has 0 fully saturated rings. The molecule has 2 aromatic carbocycles. The number of carbonyl (C=O) groups excluding carboxylic acids is 2. The van der Waals surface area contributed by atoms with Gasteiger partial charge in [-0.15, -0.1) is 0 Å². The van der Waals surface area contributed by atoms with E-state index in [1.807, 2.05) is 38.4 Å². The normalized spacial score (nSPS) is 10.6. The predicted octanol–water partition coefficient (Wildman–Crippen LogP) is 3.56. The van der Waals surface area contributed by atoms with Crippen molar-refractivity contribution in [3.63, 3.8) is 0 Å². The molecule has 0 bridgehead atoms. The molecule has 0 heterocycles. The summed E-state index contributed by atoms with van der Waals surface area (Å²) in [5, 5.41) is 5.30. The topological polar surface area (TPSA) is 61.4 Å². The van der Waals surface area contributed by atoms with Gasteiger partial charge in [0.15, 0.2) is 0 Å². The van der Waals surface area contributed by atoms with Crippen LogP contribution in [0.5, 0.6) is 0 Å². The standard InChI is InChI=1S/C22H29N3O2/c1-16(2)18-9-11-19(12-10-18)24-22(27)21(26)23-15-5-6-17-7-13-20(14-8-17)25(3)4/h7-14,16H,5-6,15H2,1-4H3,(H,23,26)(H,24,27). The van der Waals surface area contributed by atoms with Gasteiger partial charge in [0.05, 0.1) is 0 Å². The minimum atomic E-state index is -0.636. The molecule has 0 spiro atoms. The molecule has 2 amide bonds. The lowest BCUT2D eigenvalue weighted by molar-refractivity contribution is -0.136. The smallest absolute Gasteiger partial charge is 0.313 e. The Labute approximate surface area is 161 Å². The van der Waals surface area contributed by atoms with Crippen LogP contribution in [0.2, 0.25) is 0 Å². The largest absolute Gasteiger partial charge is 0.378 e. The van der Waals surface area contributed by atoms with Crippen LogP contribution in [0.4, 0.5) is 11.4 Å². The van der Waals surface area contributed by atoms with Crippen molar-refractivity contribution in [3.05, 3.63) is 59.7 Å². The number of nitrogens with zero attached hydrogens (tertiary/aromatic N) is 1. The summed E-state index contributed by atoms with van der Waals surface area (Å²) in [5.74, 6) is -0.814. The molecule has 2 aromatic rings. The molecule has 0 aromatic heterocycles. The molecule has 5 heteroatoms. The second kappa shape index (κ2) is 9.76. The van der Waals surface area contributed by atoms with Crippen LogP contribution in [0.15, 0.2) is 48.5 Å². The maximum absolute atomic E-state index is 12.0. The van der Waals surface area contributed by atoms with E-state index in [2.05, 4.69) is 53.6 Å². The minimum absolute atomic E-state index is 0.428. The number of hydrogen-bond donors (Lipinski definition) is 2. The lowest BCUT2D eigenvalue weighted by atomic mass is 10.0. The zero-order chi connectivity index (χ0) is 19.8. The molecule has 0 saturated carbocycles. The third kappa shape index (κ3) is 6.44. The van der Waals surface area contributed by atoms with E-state index in [1.165, 1.54) is 11.1 Å². The first-order valence-electron chi connectivity index (χ1n) is 9.32. The Hall–Kier alpha value is -2.82. The van der Waals surface area contributed by atoms with E-state index in [-0.39, 0.29) is 0 Å². The van der Waals surface area contributed by atoms with Gasteiger partial charge >= 0.3 is 11.8 Å². The van der Waals surface area contributed by atoms with Gasteiger partial charge in [0.25, 0.3) is 0 Å². The van der Waals surface area contributed by atoms with Gasteiger partial charge in [-0.2, -0.15) is 0 Å². The summed E-state index contributed by atoms with van der Waals surface area (Å²) in [7, 11) is 4.02. The second-order valence-corrected chi connectivity index (χ2v) is 7.15. The SMILES string of the molecule is CC(C)c1ccc(NC(=O)C(=O)NCCCc2ccc(N(C)C)cc2)cc1. The summed E-state index contributed by atoms with van der Waals surface area (Å²) in [6.07, 6.45) is 1.63. The maximum atomic E-state index is 12.0. The van der Waals surface area contributed by atoms with Crippen molar-refractivity contribution in [3.8, 4) is 0 Å². The zero-order valence-electron chi connectivity index (χ0n) is 16.6. The number of carbonyl (C=O) groups is 2. The fourth-order valence-corrected chi connectivity index (χ4v) is 2.67. The van der Waals surface area contributed by atoms with Gasteiger partial charge in [0.1, 0.15) is 0 Å². The number of benzene rings is 2. The third-order valence-corrected chi connectivity index (χ3v) is 4.42. The van der Waals surface area contributed by atoms with E-state index in [0.29, 0.717) is 18.2 Å². The van der Waals surface area contributed by atoms with E-state index < -0.39 is 11.8 Å². The van der Waals surface area contributed by atoms with Crippen molar-refractivity contribution in [2.45, 2.75) is 32.6 Å². The van der Waals surface area contributed by atoms with Gasteiger partial charge in [0, 0.05) is 32.0 Å². The van der Waals surface area contributed by atoms with Gasteiger partial charge in [0.2, 0.25) is 0 Å². The highest BCUT2D eigenvalue weighted by Crippen LogP contribution is 2.17. The number of nitrogens with one attached hydrogen (secondary N) is 2. The molecule has 144 valence electrons. The lowest BCUT2D eigenvalue weighted by Crippen LogP contribution is -2.36. The third-order valence-electron chi connectivity index (χ3n) is 4.42. The molecule has 5 nitrogen and oxygen atoms in total. The highest BCUT2D eigenvalue weighted by molar-refractivity contribution is 6.39. The van der Waals surface area contributed by atoms with Crippen LogP contribution in [-0.2, 0) is 16.0 Å². The van der Waals surface area contributed by atoms with E-state index in [0.717, 1.165) is 18.5 Å². The highest BCUT2D eigenvalue weighted by atomic mass is 16.2. The van der Waals surface area contributed by atoms with Crippen LogP contribution < -0.4 is 15.5 Å². The Morgan fingerprint density at radius 3 is 2.11 bits per heavy atom. The number of amides is 2. The molecule has 0 unspecified atom stereocenters. The average Bonchev–Trinajstić information content (AvgIpc) is 2.65. The summed E-state index contributed by atoms with van der Waals surface area (Å²) in [6.45, 7) is 4.68. The molecule has 2 N–H and O–H groups in total. The van der Waals surface area contributed by atoms with Gasteiger partial charge < -0.3 is 15.5 Å². The monoisotopic (exact) mass is 367 g/mol. The van der Waals surface area contributed by atoms with Crippen LogP contribution in [0, 0.1) is 0 Å². The Kier molecular flexibility index (Phi) is 7.41. The van der Waals surface area contributed by atoms with Crippen LogP contribution in [-0.4, -0.2) is 32.5 Å². The maximum Gasteiger partial charge on any atom is 0.313 e. The summed E-state index contributed by atoms with van der Waals surface area (Å²) >= 11 is 0. The fourth-order valence-electron chi connectivity index (χ4n) is 2.67. The minimum Gasteiger partial charge on any atom is -0.378 e. The van der Waals surface area contributed by atoms with Crippen LogP contribution in [0.25, 0.3) is 0 Å². The molecule has 0 aliphatic carbocycles. The van der Waals surface area contributed by atoms with Gasteiger partial charge in [-0.1, -0.05) is 38.1 Å². The molecular formula is C22H29N3O2. The first kappa shape index (κ1) is 20.5. The number of rotatable bonds is 7. The number of aryl methyl sites for hydroxylation is 1. The molecule has 0 aliphatic heterocycles. The number of hydrogen-bond acceptors (Lipinski definition) is 3. The quantitative estimate of drug-likeness (QED) is 0.581. The Morgan fingerprint density at radius 1 is 0.926 bits per heavy atom. The molecule has 27 heavy (non-hydrogen) atoms. The summed E-state index contributed by atoms with van der Waals surface area (Å²) in [6, 6.07) is 15.9. The van der Waals surface area contributed by atoms with Gasteiger partial charge in [-0.3, -0.25) is 9.59 Å². The van der Waals surface area contributed by atoms with Crippen molar-refractivity contribution in [1.29, 1.82) is 0 Å². The Bertz CT molecular complexity index is 750. The molecule has 0 saturated heterocycles. The molecular weight excluding hydrogens is 338 g/mol. The highest BCUT2D eigenvalue weighted by Gasteiger charge is 2.13. The fraction of sp³-hybridized carbons (Fsp3) is 0.364. The van der Waals surface area contributed by atoms with Crippen molar-refractivity contribution < 1.29 is 9.59 Å². The molecule has 0 radical (unpaired) electrons. The first-order chi connectivity index (χ1) is 12.9. The molecule has 2 rings (SSSR count). The average molecular weight is 367 g/mol. The van der Waals surface area contributed by atoms with E-state index in [1.54, 1.807) is 0 Å². The molecule has 0 aliphatic rings. The Morgan fingerprint density at radius 2 is 1.56 bits per heavy atom. The van der Waals surface area contributed by atoms with Crippen molar-refractivity contribution >= 4 is 23.2 Å². The lowest BCUT2D eigenvalue weighted by Gasteiger charge is -2.12.